The molecule has 15 heavy (non-hydrogen) atoms. The SMILES string of the molecule is CC(C)CCCCNc1c(N)c(=O)c1=O. The van der Waals surface area contributed by atoms with Crippen molar-refractivity contribution in [3.8, 4) is 0 Å². The lowest BCUT2D eigenvalue weighted by Gasteiger charge is -2.10. The molecule has 0 saturated carbocycles. The standard InChI is InChI=1S/C11H18N2O2/c1-7(2)5-3-4-6-13-9-8(12)10(14)11(9)15/h7,13H,3-6,12H2,1-2H3. The molecule has 84 valence electrons. The third kappa shape index (κ3) is 2.81. The van der Waals surface area contributed by atoms with Gasteiger partial charge in [0, 0.05) is 6.54 Å². The molecular weight excluding hydrogens is 192 g/mol. The van der Waals surface area contributed by atoms with E-state index >= 15 is 0 Å². The van der Waals surface area contributed by atoms with Gasteiger partial charge in [-0.25, -0.2) is 0 Å². The number of nitrogens with two attached hydrogens (primary N) is 1. The van der Waals surface area contributed by atoms with Crippen LogP contribution in [0.1, 0.15) is 33.1 Å². The third-order valence-corrected chi connectivity index (χ3v) is 2.46. The molecule has 0 heterocycles. The highest BCUT2D eigenvalue weighted by Crippen LogP contribution is 2.10. The summed E-state index contributed by atoms with van der Waals surface area (Å²) in [4.78, 5) is 21.8. The number of nitrogen functional groups attached to an aromatic ring is 1. The van der Waals surface area contributed by atoms with Gasteiger partial charge < -0.3 is 11.1 Å². The first kappa shape index (κ1) is 11.8. The minimum absolute atomic E-state index is 0.0869. The number of anilines is 2. The van der Waals surface area contributed by atoms with Crippen LogP contribution in [0.3, 0.4) is 0 Å². The number of unbranched alkanes of at least 4 members (excludes halogenated alkanes) is 1. The Morgan fingerprint density at radius 2 is 1.87 bits per heavy atom. The Hall–Kier alpha value is -1.32. The molecule has 0 atom stereocenters. The highest BCUT2D eigenvalue weighted by molar-refractivity contribution is 5.71. The van der Waals surface area contributed by atoms with E-state index in [1.165, 1.54) is 6.42 Å². The minimum atomic E-state index is -0.556. The third-order valence-electron chi connectivity index (χ3n) is 2.46. The summed E-state index contributed by atoms with van der Waals surface area (Å²) in [6.07, 6.45) is 3.31. The zero-order valence-corrected chi connectivity index (χ0v) is 9.30. The van der Waals surface area contributed by atoms with Gasteiger partial charge in [0.15, 0.2) is 0 Å². The van der Waals surface area contributed by atoms with Crippen LogP contribution in [0, 0.1) is 5.92 Å². The molecule has 0 unspecified atom stereocenters. The van der Waals surface area contributed by atoms with Crippen molar-refractivity contribution in [2.24, 2.45) is 5.92 Å². The van der Waals surface area contributed by atoms with Crippen molar-refractivity contribution in [1.29, 1.82) is 0 Å². The van der Waals surface area contributed by atoms with Crippen molar-refractivity contribution in [2.45, 2.75) is 33.1 Å². The maximum Gasteiger partial charge on any atom is 0.253 e. The molecule has 0 aromatic heterocycles. The Bertz CT molecular complexity index is 389. The highest BCUT2D eigenvalue weighted by Gasteiger charge is 2.16. The van der Waals surface area contributed by atoms with Crippen LogP contribution in [0.4, 0.5) is 11.4 Å². The van der Waals surface area contributed by atoms with E-state index in [4.69, 9.17) is 5.73 Å². The van der Waals surface area contributed by atoms with E-state index in [-0.39, 0.29) is 5.69 Å². The molecular formula is C11H18N2O2. The van der Waals surface area contributed by atoms with Crippen LogP contribution in [0.2, 0.25) is 0 Å². The summed E-state index contributed by atoms with van der Waals surface area (Å²) >= 11 is 0. The van der Waals surface area contributed by atoms with Crippen molar-refractivity contribution in [2.75, 3.05) is 17.6 Å². The fraction of sp³-hybridized carbons (Fsp3) is 0.636. The van der Waals surface area contributed by atoms with Gasteiger partial charge in [-0.1, -0.05) is 26.7 Å². The molecule has 4 heteroatoms. The molecule has 0 bridgehead atoms. The van der Waals surface area contributed by atoms with Gasteiger partial charge in [0.25, 0.3) is 10.9 Å². The summed E-state index contributed by atoms with van der Waals surface area (Å²) in [5.41, 5.74) is 4.73. The minimum Gasteiger partial charge on any atom is -0.394 e. The predicted octanol–water partition coefficient (Wildman–Crippen LogP) is 1.10. The zero-order valence-electron chi connectivity index (χ0n) is 9.30. The molecule has 0 saturated heterocycles. The molecule has 0 aliphatic heterocycles. The van der Waals surface area contributed by atoms with Crippen LogP contribution in [0.25, 0.3) is 0 Å². The van der Waals surface area contributed by atoms with E-state index in [2.05, 4.69) is 19.2 Å². The fourth-order valence-electron chi connectivity index (χ4n) is 1.48. The first-order valence-corrected chi connectivity index (χ1v) is 5.36. The van der Waals surface area contributed by atoms with Crippen molar-refractivity contribution >= 4 is 11.4 Å². The van der Waals surface area contributed by atoms with Crippen LogP contribution in [-0.2, 0) is 0 Å². The van der Waals surface area contributed by atoms with Gasteiger partial charge in [0.05, 0.1) is 0 Å². The number of hydrogen-bond acceptors (Lipinski definition) is 4. The second-order valence-electron chi connectivity index (χ2n) is 4.26. The van der Waals surface area contributed by atoms with Crippen LogP contribution in [0.5, 0.6) is 0 Å². The number of hydrogen-bond donors (Lipinski definition) is 2. The van der Waals surface area contributed by atoms with E-state index in [9.17, 15) is 9.59 Å². The second-order valence-corrected chi connectivity index (χ2v) is 4.26. The van der Waals surface area contributed by atoms with Crippen LogP contribution in [0.15, 0.2) is 9.59 Å². The maximum absolute atomic E-state index is 11.0. The quantitative estimate of drug-likeness (QED) is 0.545. The molecule has 0 radical (unpaired) electrons. The van der Waals surface area contributed by atoms with Gasteiger partial charge in [-0.3, -0.25) is 9.59 Å². The Balaban J connectivity index is 2.22. The van der Waals surface area contributed by atoms with Crippen molar-refractivity contribution in [1.82, 2.24) is 0 Å². The summed E-state index contributed by atoms with van der Waals surface area (Å²) < 4.78 is 0. The Labute approximate surface area is 89.2 Å². The van der Waals surface area contributed by atoms with Crippen molar-refractivity contribution in [3.05, 3.63) is 20.4 Å². The van der Waals surface area contributed by atoms with Crippen LogP contribution < -0.4 is 21.9 Å². The summed E-state index contributed by atoms with van der Waals surface area (Å²) in [5.74, 6) is 0.709. The molecule has 0 fully saturated rings. The molecule has 0 amide bonds. The van der Waals surface area contributed by atoms with Gasteiger partial charge in [-0.2, -0.15) is 0 Å². The van der Waals surface area contributed by atoms with E-state index in [0.717, 1.165) is 12.8 Å². The average molecular weight is 210 g/mol. The Morgan fingerprint density at radius 3 is 2.40 bits per heavy atom. The van der Waals surface area contributed by atoms with E-state index in [0.29, 0.717) is 18.2 Å². The average Bonchev–Trinajstić information content (AvgIpc) is 2.21. The first-order valence-electron chi connectivity index (χ1n) is 5.36. The van der Waals surface area contributed by atoms with Crippen molar-refractivity contribution in [3.63, 3.8) is 0 Å². The summed E-state index contributed by atoms with van der Waals surface area (Å²) in [5, 5.41) is 2.91. The first-order chi connectivity index (χ1) is 7.04. The molecule has 1 rings (SSSR count). The van der Waals surface area contributed by atoms with Gasteiger partial charge in [-0.05, 0) is 12.3 Å². The zero-order chi connectivity index (χ0) is 11.4. The monoisotopic (exact) mass is 210 g/mol. The van der Waals surface area contributed by atoms with Crippen molar-refractivity contribution < 1.29 is 0 Å². The molecule has 1 aromatic carbocycles. The van der Waals surface area contributed by atoms with Gasteiger partial charge in [-0.15, -0.1) is 0 Å². The predicted molar refractivity (Wildman–Crippen MR) is 62.9 cm³/mol. The fourth-order valence-corrected chi connectivity index (χ4v) is 1.48. The lowest BCUT2D eigenvalue weighted by Crippen LogP contribution is -2.37. The molecule has 4 nitrogen and oxygen atoms in total. The highest BCUT2D eigenvalue weighted by atomic mass is 16.2. The summed E-state index contributed by atoms with van der Waals surface area (Å²) in [6.45, 7) is 5.08. The Kier molecular flexibility index (Phi) is 3.88. The molecule has 3 N–H and O–H groups in total. The number of rotatable bonds is 6. The second kappa shape index (κ2) is 4.96. The maximum atomic E-state index is 11.0. The number of nitrogens with one attached hydrogen (secondary N) is 1. The smallest absolute Gasteiger partial charge is 0.253 e. The van der Waals surface area contributed by atoms with Crippen LogP contribution >= 0.6 is 0 Å². The largest absolute Gasteiger partial charge is 0.394 e. The molecule has 0 aliphatic rings. The van der Waals surface area contributed by atoms with Gasteiger partial charge in [0.2, 0.25) is 0 Å². The summed E-state index contributed by atoms with van der Waals surface area (Å²) in [6, 6.07) is 0. The summed E-state index contributed by atoms with van der Waals surface area (Å²) in [7, 11) is 0. The molecule has 0 aliphatic carbocycles. The lowest BCUT2D eigenvalue weighted by molar-refractivity contribution is 0.545. The van der Waals surface area contributed by atoms with Gasteiger partial charge in [0.1, 0.15) is 11.4 Å². The van der Waals surface area contributed by atoms with Gasteiger partial charge >= 0.3 is 0 Å². The molecule has 0 spiro atoms. The van der Waals surface area contributed by atoms with E-state index in [1.54, 1.807) is 0 Å². The topological polar surface area (TPSA) is 72.2 Å². The van der Waals surface area contributed by atoms with Crippen LogP contribution in [-0.4, -0.2) is 6.54 Å². The Morgan fingerprint density at radius 1 is 1.20 bits per heavy atom. The molecule has 1 aromatic rings. The van der Waals surface area contributed by atoms with E-state index < -0.39 is 10.9 Å². The lowest BCUT2D eigenvalue weighted by atomic mass is 10.1. The normalized spacial score (nSPS) is 11.1. The van der Waals surface area contributed by atoms with E-state index in [1.807, 2.05) is 0 Å².